The molecular formula is C19H21N3O2S. The van der Waals surface area contributed by atoms with E-state index in [0.29, 0.717) is 18.0 Å². The molecular weight excluding hydrogens is 334 g/mol. The zero-order valence-electron chi connectivity index (χ0n) is 13.9. The summed E-state index contributed by atoms with van der Waals surface area (Å²) in [5, 5.41) is 5.41. The molecule has 130 valence electrons. The van der Waals surface area contributed by atoms with Crippen LogP contribution < -0.4 is 16.4 Å². The molecule has 0 unspecified atom stereocenters. The number of nitrogens with one attached hydrogen (secondary N) is 2. The normalized spacial score (nSPS) is 12.5. The number of hydrogen-bond acceptors (Lipinski definition) is 3. The van der Waals surface area contributed by atoms with Gasteiger partial charge in [0.25, 0.3) is 0 Å². The van der Waals surface area contributed by atoms with Gasteiger partial charge >= 0.3 is 6.03 Å². The highest BCUT2D eigenvalue weighted by Crippen LogP contribution is 2.27. The maximum Gasteiger partial charge on any atom is 0.316 e. The minimum atomic E-state index is -0.593. The van der Waals surface area contributed by atoms with Gasteiger partial charge in [-0.3, -0.25) is 4.79 Å². The van der Waals surface area contributed by atoms with Gasteiger partial charge in [0.2, 0.25) is 5.91 Å². The van der Waals surface area contributed by atoms with Crippen molar-refractivity contribution in [2.45, 2.75) is 30.7 Å². The van der Waals surface area contributed by atoms with E-state index in [9.17, 15) is 9.59 Å². The highest BCUT2D eigenvalue weighted by Gasteiger charge is 2.11. The lowest BCUT2D eigenvalue weighted by Gasteiger charge is -2.08. The van der Waals surface area contributed by atoms with Crippen molar-refractivity contribution < 1.29 is 9.59 Å². The number of amides is 3. The summed E-state index contributed by atoms with van der Waals surface area (Å²) in [5.74, 6) is 0.407. The van der Waals surface area contributed by atoms with Crippen LogP contribution in [0, 0.1) is 0 Å². The van der Waals surface area contributed by atoms with Crippen LogP contribution in [0.15, 0.2) is 47.4 Å². The first-order chi connectivity index (χ1) is 12.1. The van der Waals surface area contributed by atoms with Crippen molar-refractivity contribution in [3.8, 4) is 0 Å². The van der Waals surface area contributed by atoms with E-state index in [0.717, 1.165) is 16.9 Å². The van der Waals surface area contributed by atoms with E-state index in [2.05, 4.69) is 28.8 Å². The molecule has 4 N–H and O–H groups in total. The Bertz CT molecular complexity index is 775. The minimum absolute atomic E-state index is 0.00448. The largest absolute Gasteiger partial charge is 0.351 e. The van der Waals surface area contributed by atoms with E-state index in [1.807, 2.05) is 12.1 Å². The Morgan fingerprint density at radius 3 is 2.56 bits per heavy atom. The smallest absolute Gasteiger partial charge is 0.316 e. The second-order valence-electron chi connectivity index (χ2n) is 6.04. The fourth-order valence-corrected chi connectivity index (χ4v) is 3.68. The molecule has 0 atom stereocenters. The van der Waals surface area contributed by atoms with Crippen LogP contribution in [0.2, 0.25) is 0 Å². The molecule has 2 aromatic carbocycles. The van der Waals surface area contributed by atoms with Crippen molar-refractivity contribution >= 4 is 29.4 Å². The first kappa shape index (κ1) is 17.4. The number of urea groups is 1. The molecule has 5 nitrogen and oxygen atoms in total. The lowest BCUT2D eigenvalue weighted by atomic mass is 10.1. The molecule has 0 spiro atoms. The Morgan fingerprint density at radius 2 is 1.80 bits per heavy atom. The molecule has 3 rings (SSSR count). The first-order valence-electron chi connectivity index (χ1n) is 8.27. The van der Waals surface area contributed by atoms with Crippen molar-refractivity contribution in [3.63, 3.8) is 0 Å². The van der Waals surface area contributed by atoms with E-state index in [1.165, 1.54) is 24.0 Å². The maximum absolute atomic E-state index is 12.0. The third-order valence-electron chi connectivity index (χ3n) is 4.15. The van der Waals surface area contributed by atoms with Crippen molar-refractivity contribution in [3.05, 3.63) is 59.2 Å². The van der Waals surface area contributed by atoms with E-state index >= 15 is 0 Å². The highest BCUT2D eigenvalue weighted by atomic mass is 32.2. The van der Waals surface area contributed by atoms with Crippen molar-refractivity contribution in [1.29, 1.82) is 0 Å². The molecule has 0 saturated carbocycles. The van der Waals surface area contributed by atoms with Gasteiger partial charge in [0.15, 0.2) is 0 Å². The van der Waals surface area contributed by atoms with E-state index < -0.39 is 6.03 Å². The number of thioether (sulfide) groups is 1. The zero-order chi connectivity index (χ0) is 17.6. The topological polar surface area (TPSA) is 84.2 Å². The molecule has 2 aromatic rings. The monoisotopic (exact) mass is 355 g/mol. The number of hydrogen-bond donors (Lipinski definition) is 3. The minimum Gasteiger partial charge on any atom is -0.351 e. The Kier molecular flexibility index (Phi) is 5.60. The van der Waals surface area contributed by atoms with Gasteiger partial charge in [-0.1, -0.05) is 18.2 Å². The van der Waals surface area contributed by atoms with Gasteiger partial charge in [-0.2, -0.15) is 0 Å². The number of aryl methyl sites for hydroxylation is 2. The zero-order valence-corrected chi connectivity index (χ0v) is 14.7. The van der Waals surface area contributed by atoms with E-state index in [1.54, 1.807) is 23.9 Å². The van der Waals surface area contributed by atoms with Crippen LogP contribution in [0.5, 0.6) is 0 Å². The van der Waals surface area contributed by atoms with Crippen LogP contribution in [0.3, 0.4) is 0 Å². The van der Waals surface area contributed by atoms with Gasteiger partial charge in [0, 0.05) is 17.1 Å². The van der Waals surface area contributed by atoms with Gasteiger partial charge in [-0.15, -0.1) is 11.8 Å². The molecule has 25 heavy (non-hydrogen) atoms. The Balaban J connectivity index is 1.44. The summed E-state index contributed by atoms with van der Waals surface area (Å²) in [6.45, 7) is 0.459. The molecule has 0 heterocycles. The standard InChI is InChI=1S/C19H21N3O2S/c20-19(24)22-16-7-4-13(5-8-16)11-21-18(23)12-25-17-9-6-14-2-1-3-15(14)10-17/h4-10H,1-3,11-12H2,(H,21,23)(H3,20,22,24). The average Bonchev–Trinajstić information content (AvgIpc) is 3.06. The van der Waals surface area contributed by atoms with Gasteiger partial charge in [0.05, 0.1) is 5.75 Å². The summed E-state index contributed by atoms with van der Waals surface area (Å²) in [6.07, 6.45) is 3.56. The number of fused-ring (bicyclic) bond motifs is 1. The van der Waals surface area contributed by atoms with Crippen LogP contribution >= 0.6 is 11.8 Å². The molecule has 3 amide bonds. The second-order valence-corrected chi connectivity index (χ2v) is 7.08. The first-order valence-corrected chi connectivity index (χ1v) is 9.25. The van der Waals surface area contributed by atoms with Crippen LogP contribution in [0.1, 0.15) is 23.1 Å². The third kappa shape index (κ3) is 5.00. The maximum atomic E-state index is 12.0. The molecule has 1 aliphatic rings. The summed E-state index contributed by atoms with van der Waals surface area (Å²) >= 11 is 1.57. The fourth-order valence-electron chi connectivity index (χ4n) is 2.89. The Morgan fingerprint density at radius 1 is 1.04 bits per heavy atom. The molecule has 0 aliphatic heterocycles. The SMILES string of the molecule is NC(=O)Nc1ccc(CNC(=O)CSc2ccc3c(c2)CCC3)cc1. The number of carbonyl (C=O) groups excluding carboxylic acids is 2. The molecule has 0 radical (unpaired) electrons. The Hall–Kier alpha value is -2.47. The van der Waals surface area contributed by atoms with Gasteiger partial charge in [0.1, 0.15) is 0 Å². The van der Waals surface area contributed by atoms with Crippen molar-refractivity contribution in [1.82, 2.24) is 5.32 Å². The highest BCUT2D eigenvalue weighted by molar-refractivity contribution is 8.00. The van der Waals surface area contributed by atoms with Crippen molar-refractivity contribution in [2.75, 3.05) is 11.1 Å². The summed E-state index contributed by atoms with van der Waals surface area (Å²) in [4.78, 5) is 24.0. The number of carbonyl (C=O) groups is 2. The molecule has 0 saturated heterocycles. The predicted molar refractivity (Wildman–Crippen MR) is 101 cm³/mol. The number of rotatable bonds is 6. The third-order valence-corrected chi connectivity index (χ3v) is 5.14. The molecule has 0 fully saturated rings. The second kappa shape index (κ2) is 8.07. The van der Waals surface area contributed by atoms with Crippen LogP contribution in [0.25, 0.3) is 0 Å². The van der Waals surface area contributed by atoms with E-state index in [4.69, 9.17) is 5.73 Å². The van der Waals surface area contributed by atoms with Gasteiger partial charge < -0.3 is 16.4 Å². The van der Waals surface area contributed by atoms with Gasteiger partial charge in [-0.25, -0.2) is 4.79 Å². The van der Waals surface area contributed by atoms with Crippen LogP contribution in [0.4, 0.5) is 10.5 Å². The quantitative estimate of drug-likeness (QED) is 0.696. The fraction of sp³-hybridized carbons (Fsp3) is 0.263. The summed E-state index contributed by atoms with van der Waals surface area (Å²) in [5.41, 5.74) is 9.53. The molecule has 6 heteroatoms. The lowest BCUT2D eigenvalue weighted by molar-refractivity contribution is -0.118. The Labute approximate surface area is 151 Å². The number of benzene rings is 2. The molecule has 1 aliphatic carbocycles. The van der Waals surface area contributed by atoms with Crippen LogP contribution in [-0.4, -0.2) is 17.7 Å². The number of anilines is 1. The molecule has 0 aromatic heterocycles. The van der Waals surface area contributed by atoms with Crippen LogP contribution in [-0.2, 0) is 24.2 Å². The average molecular weight is 355 g/mol. The predicted octanol–water partition coefficient (Wildman–Crippen LogP) is 3.07. The summed E-state index contributed by atoms with van der Waals surface area (Å²) in [6, 6.07) is 13.1. The lowest BCUT2D eigenvalue weighted by Crippen LogP contribution is -2.24. The number of primary amides is 1. The van der Waals surface area contributed by atoms with Crippen molar-refractivity contribution in [2.24, 2.45) is 5.73 Å². The summed E-state index contributed by atoms with van der Waals surface area (Å²) in [7, 11) is 0. The number of nitrogens with two attached hydrogens (primary N) is 1. The molecule has 0 bridgehead atoms. The van der Waals surface area contributed by atoms with Gasteiger partial charge in [-0.05, 0) is 60.2 Å². The van der Waals surface area contributed by atoms with E-state index in [-0.39, 0.29) is 5.91 Å². The summed E-state index contributed by atoms with van der Waals surface area (Å²) < 4.78 is 0.